The van der Waals surface area contributed by atoms with E-state index in [-0.39, 0.29) is 11.7 Å². The molecular formula is C13H18N4O. The van der Waals surface area contributed by atoms with Gasteiger partial charge in [-0.05, 0) is 29.8 Å². The summed E-state index contributed by atoms with van der Waals surface area (Å²) in [7, 11) is 0. The molecule has 0 aliphatic carbocycles. The number of carbonyl (C=O) groups is 1. The van der Waals surface area contributed by atoms with Crippen molar-refractivity contribution in [3.8, 4) is 0 Å². The van der Waals surface area contributed by atoms with Gasteiger partial charge >= 0.3 is 0 Å². The number of benzene rings is 1. The Morgan fingerprint density at radius 2 is 2.00 bits per heavy atom. The van der Waals surface area contributed by atoms with Gasteiger partial charge in [-0.15, -0.1) is 0 Å². The average Bonchev–Trinajstić information content (AvgIpc) is 2.36. The van der Waals surface area contributed by atoms with Gasteiger partial charge in [0.2, 0.25) is 5.91 Å². The molecule has 7 N–H and O–H groups in total. The zero-order valence-corrected chi connectivity index (χ0v) is 10.3. The molecule has 1 aromatic rings. The topological polar surface area (TPSA) is 107 Å². The van der Waals surface area contributed by atoms with Crippen LogP contribution in [0.15, 0.2) is 42.2 Å². The molecule has 0 saturated heterocycles. The van der Waals surface area contributed by atoms with Crippen LogP contribution >= 0.6 is 0 Å². The molecule has 0 unspecified atom stereocenters. The Morgan fingerprint density at radius 1 is 1.28 bits per heavy atom. The van der Waals surface area contributed by atoms with Crippen molar-refractivity contribution in [2.75, 3.05) is 5.32 Å². The quantitative estimate of drug-likeness (QED) is 0.596. The van der Waals surface area contributed by atoms with Gasteiger partial charge in [-0.25, -0.2) is 0 Å². The zero-order chi connectivity index (χ0) is 13.5. The number of amides is 1. The minimum atomic E-state index is -0.0409. The number of allylic oxidation sites excluding steroid dienone is 2. The number of carbonyl (C=O) groups excluding carboxylic acids is 1. The van der Waals surface area contributed by atoms with Crippen molar-refractivity contribution < 1.29 is 4.79 Å². The van der Waals surface area contributed by atoms with Crippen molar-refractivity contribution in [1.82, 2.24) is 0 Å². The number of anilines is 1. The molecule has 1 aromatic carbocycles. The van der Waals surface area contributed by atoms with E-state index in [0.717, 1.165) is 5.56 Å². The molecule has 0 fully saturated rings. The highest BCUT2D eigenvalue weighted by Gasteiger charge is 2.01. The molecule has 0 atom stereocenters. The SMILES string of the molecule is CCC(=O)Nc1cccc(/C(N)=C/C=C(N)N)c1. The van der Waals surface area contributed by atoms with Crippen LogP contribution in [0, 0.1) is 0 Å². The summed E-state index contributed by atoms with van der Waals surface area (Å²) >= 11 is 0. The predicted octanol–water partition coefficient (Wildman–Crippen LogP) is 1.09. The molecule has 96 valence electrons. The first-order chi connectivity index (χ1) is 8.52. The third-order valence-corrected chi connectivity index (χ3v) is 2.26. The molecular weight excluding hydrogens is 228 g/mol. The average molecular weight is 246 g/mol. The molecule has 0 saturated carbocycles. The first-order valence-corrected chi connectivity index (χ1v) is 5.61. The summed E-state index contributed by atoms with van der Waals surface area (Å²) in [5, 5.41) is 2.77. The third kappa shape index (κ3) is 4.21. The summed E-state index contributed by atoms with van der Waals surface area (Å²) in [6.45, 7) is 1.79. The van der Waals surface area contributed by atoms with Gasteiger partial charge in [0.1, 0.15) is 0 Å². The lowest BCUT2D eigenvalue weighted by Crippen LogP contribution is -2.10. The van der Waals surface area contributed by atoms with Crippen molar-refractivity contribution >= 4 is 17.3 Å². The van der Waals surface area contributed by atoms with Crippen molar-refractivity contribution in [1.29, 1.82) is 0 Å². The fourth-order valence-corrected chi connectivity index (χ4v) is 1.31. The van der Waals surface area contributed by atoms with Crippen LogP contribution in [0.1, 0.15) is 18.9 Å². The van der Waals surface area contributed by atoms with Gasteiger partial charge in [-0.3, -0.25) is 4.79 Å². The predicted molar refractivity (Wildman–Crippen MR) is 74.0 cm³/mol. The Bertz CT molecular complexity index is 488. The fraction of sp³-hybridized carbons (Fsp3) is 0.154. The van der Waals surface area contributed by atoms with Crippen LogP contribution in [0.4, 0.5) is 5.69 Å². The summed E-state index contributed by atoms with van der Waals surface area (Å²) in [6.07, 6.45) is 3.57. The number of nitrogens with one attached hydrogen (secondary N) is 1. The van der Waals surface area contributed by atoms with Gasteiger partial charge in [0.15, 0.2) is 0 Å². The molecule has 0 heterocycles. The normalized spacial score (nSPS) is 10.8. The molecule has 5 nitrogen and oxygen atoms in total. The van der Waals surface area contributed by atoms with Crippen LogP contribution in [0.25, 0.3) is 5.70 Å². The van der Waals surface area contributed by atoms with Gasteiger partial charge in [-0.1, -0.05) is 19.1 Å². The minimum Gasteiger partial charge on any atom is -0.398 e. The molecule has 0 radical (unpaired) electrons. The highest BCUT2D eigenvalue weighted by molar-refractivity contribution is 5.90. The lowest BCUT2D eigenvalue weighted by atomic mass is 10.1. The maximum Gasteiger partial charge on any atom is 0.224 e. The molecule has 0 bridgehead atoms. The summed E-state index contributed by atoms with van der Waals surface area (Å²) in [6, 6.07) is 7.25. The van der Waals surface area contributed by atoms with Gasteiger partial charge in [0, 0.05) is 17.8 Å². The largest absolute Gasteiger partial charge is 0.398 e. The van der Waals surface area contributed by atoms with E-state index in [4.69, 9.17) is 17.2 Å². The Labute approximate surface area is 106 Å². The molecule has 0 spiro atoms. The number of rotatable bonds is 4. The smallest absolute Gasteiger partial charge is 0.224 e. The summed E-state index contributed by atoms with van der Waals surface area (Å²) < 4.78 is 0. The highest BCUT2D eigenvalue weighted by Crippen LogP contribution is 2.15. The maximum absolute atomic E-state index is 11.3. The summed E-state index contributed by atoms with van der Waals surface area (Å²) in [5.74, 6) is 0.147. The second-order valence-corrected chi connectivity index (χ2v) is 3.77. The van der Waals surface area contributed by atoms with E-state index in [1.807, 2.05) is 12.1 Å². The van der Waals surface area contributed by atoms with E-state index in [0.29, 0.717) is 17.8 Å². The van der Waals surface area contributed by atoms with Crippen LogP contribution < -0.4 is 22.5 Å². The van der Waals surface area contributed by atoms with E-state index in [2.05, 4.69) is 5.32 Å². The summed E-state index contributed by atoms with van der Waals surface area (Å²) in [5.41, 5.74) is 18.5. The molecule has 0 aromatic heterocycles. The monoisotopic (exact) mass is 246 g/mol. The van der Waals surface area contributed by atoms with Crippen LogP contribution in [0.3, 0.4) is 0 Å². The maximum atomic E-state index is 11.3. The van der Waals surface area contributed by atoms with E-state index in [1.165, 1.54) is 6.08 Å². The van der Waals surface area contributed by atoms with E-state index < -0.39 is 0 Å². The molecule has 1 amide bonds. The Hall–Kier alpha value is -2.43. The second kappa shape index (κ2) is 6.34. The van der Waals surface area contributed by atoms with Crippen LogP contribution in [0.2, 0.25) is 0 Å². The first-order valence-electron chi connectivity index (χ1n) is 5.61. The number of hydrogen-bond acceptors (Lipinski definition) is 4. The number of nitrogens with two attached hydrogens (primary N) is 3. The van der Waals surface area contributed by atoms with E-state index in [1.54, 1.807) is 25.1 Å². The Kier molecular flexibility index (Phi) is 4.80. The fourth-order valence-electron chi connectivity index (χ4n) is 1.31. The van der Waals surface area contributed by atoms with Crippen molar-refractivity contribution in [3.63, 3.8) is 0 Å². The first kappa shape index (κ1) is 13.6. The van der Waals surface area contributed by atoms with Crippen LogP contribution in [0.5, 0.6) is 0 Å². The minimum absolute atomic E-state index is 0.0409. The third-order valence-electron chi connectivity index (χ3n) is 2.26. The Balaban J connectivity index is 2.91. The van der Waals surface area contributed by atoms with Gasteiger partial charge in [0.05, 0.1) is 5.82 Å². The molecule has 0 aliphatic heterocycles. The van der Waals surface area contributed by atoms with Gasteiger partial charge in [-0.2, -0.15) is 0 Å². The van der Waals surface area contributed by atoms with Gasteiger partial charge < -0.3 is 22.5 Å². The molecule has 5 heteroatoms. The molecule has 0 aliphatic rings. The number of hydrogen-bond donors (Lipinski definition) is 4. The van der Waals surface area contributed by atoms with Crippen molar-refractivity contribution in [2.24, 2.45) is 17.2 Å². The van der Waals surface area contributed by atoms with Crippen LogP contribution in [-0.4, -0.2) is 5.91 Å². The second-order valence-electron chi connectivity index (χ2n) is 3.77. The van der Waals surface area contributed by atoms with Gasteiger partial charge in [0.25, 0.3) is 0 Å². The molecule has 1 rings (SSSR count). The van der Waals surface area contributed by atoms with E-state index >= 15 is 0 Å². The lowest BCUT2D eigenvalue weighted by Gasteiger charge is -2.06. The highest BCUT2D eigenvalue weighted by atomic mass is 16.1. The lowest BCUT2D eigenvalue weighted by molar-refractivity contribution is -0.115. The van der Waals surface area contributed by atoms with E-state index in [9.17, 15) is 4.79 Å². The van der Waals surface area contributed by atoms with Crippen LogP contribution in [-0.2, 0) is 4.79 Å². The standard InChI is InChI=1S/C13H18N4O/c1-2-13(18)17-10-5-3-4-9(8-10)11(14)6-7-12(15)16/h3-8H,2,14-16H2,1H3,(H,17,18)/b11-6-. The van der Waals surface area contributed by atoms with Crippen molar-refractivity contribution in [2.45, 2.75) is 13.3 Å². The summed E-state index contributed by atoms with van der Waals surface area (Å²) in [4.78, 5) is 11.3. The van der Waals surface area contributed by atoms with Crippen molar-refractivity contribution in [3.05, 3.63) is 47.8 Å². The molecule has 18 heavy (non-hydrogen) atoms. The Morgan fingerprint density at radius 3 is 2.61 bits per heavy atom. The zero-order valence-electron chi connectivity index (χ0n) is 10.3.